The number of nitrogens with zero attached hydrogens (tertiary/aromatic N) is 2. The van der Waals surface area contributed by atoms with Crippen molar-refractivity contribution in [2.24, 2.45) is 5.92 Å². The minimum atomic E-state index is -0.819. The number of anilines is 1. The Bertz CT molecular complexity index is 978. The van der Waals surface area contributed by atoms with E-state index >= 15 is 0 Å². The van der Waals surface area contributed by atoms with Crippen LogP contribution in [-0.2, 0) is 20.9 Å². The molecule has 0 saturated heterocycles. The van der Waals surface area contributed by atoms with E-state index in [1.165, 1.54) is 6.08 Å². The molecule has 2 aromatic rings. The Hall–Kier alpha value is -3.33. The summed E-state index contributed by atoms with van der Waals surface area (Å²) < 4.78 is 7.18. The standard InChI is InChI=1S/C23H27N3O3/c1-15(2)13-26-17(4)10-19(18(26)5)11-20(12-24)23(28)29-14-22(27)25-21-8-6-7-16(3)9-21/h6-11,15H,13-14H2,1-5H3,(H,25,27)/b20-11+. The number of hydrogen-bond donors (Lipinski definition) is 1. The van der Waals surface area contributed by atoms with E-state index in [9.17, 15) is 14.9 Å². The molecule has 0 aliphatic heterocycles. The number of aryl methyl sites for hydroxylation is 2. The fraction of sp³-hybridized carbons (Fsp3) is 0.348. The van der Waals surface area contributed by atoms with Crippen LogP contribution in [0.25, 0.3) is 6.08 Å². The molecule has 0 unspecified atom stereocenters. The van der Waals surface area contributed by atoms with E-state index in [0.717, 1.165) is 29.1 Å². The smallest absolute Gasteiger partial charge is 0.349 e. The first kappa shape index (κ1) is 22.0. The second-order valence-corrected chi connectivity index (χ2v) is 7.49. The molecular formula is C23H27N3O3. The van der Waals surface area contributed by atoms with Gasteiger partial charge in [0.25, 0.3) is 5.91 Å². The fourth-order valence-corrected chi connectivity index (χ4v) is 3.04. The van der Waals surface area contributed by atoms with E-state index in [2.05, 4.69) is 23.7 Å². The largest absolute Gasteiger partial charge is 0.451 e. The van der Waals surface area contributed by atoms with Crippen molar-refractivity contribution in [2.45, 2.75) is 41.2 Å². The lowest BCUT2D eigenvalue weighted by atomic mass is 10.1. The highest BCUT2D eigenvalue weighted by Gasteiger charge is 2.16. The van der Waals surface area contributed by atoms with Crippen molar-refractivity contribution in [3.8, 4) is 6.07 Å². The van der Waals surface area contributed by atoms with Crippen molar-refractivity contribution >= 4 is 23.6 Å². The quantitative estimate of drug-likeness (QED) is 0.435. The zero-order valence-electron chi connectivity index (χ0n) is 17.6. The molecular weight excluding hydrogens is 366 g/mol. The highest BCUT2D eigenvalue weighted by atomic mass is 16.5. The van der Waals surface area contributed by atoms with Gasteiger partial charge in [0.05, 0.1) is 0 Å². The zero-order valence-corrected chi connectivity index (χ0v) is 17.6. The summed E-state index contributed by atoms with van der Waals surface area (Å²) in [4.78, 5) is 24.3. The molecule has 29 heavy (non-hydrogen) atoms. The first-order valence-corrected chi connectivity index (χ1v) is 9.53. The van der Waals surface area contributed by atoms with Gasteiger partial charge in [0.15, 0.2) is 6.61 Å². The van der Waals surface area contributed by atoms with Crippen molar-refractivity contribution in [1.82, 2.24) is 4.57 Å². The summed E-state index contributed by atoms with van der Waals surface area (Å²) in [6.07, 6.45) is 1.51. The molecule has 0 aliphatic carbocycles. The Morgan fingerprint density at radius 3 is 2.59 bits per heavy atom. The molecule has 0 radical (unpaired) electrons. The van der Waals surface area contributed by atoms with Crippen LogP contribution in [0.5, 0.6) is 0 Å². The molecule has 2 rings (SSSR count). The van der Waals surface area contributed by atoms with Gasteiger partial charge in [0.2, 0.25) is 0 Å². The number of aromatic nitrogens is 1. The molecule has 0 fully saturated rings. The van der Waals surface area contributed by atoms with Crippen LogP contribution in [0.1, 0.15) is 36.4 Å². The first-order valence-electron chi connectivity index (χ1n) is 9.53. The molecule has 6 nitrogen and oxygen atoms in total. The van der Waals surface area contributed by atoms with Gasteiger partial charge in [-0.1, -0.05) is 26.0 Å². The molecule has 0 spiro atoms. The number of nitrogens with one attached hydrogen (secondary N) is 1. The maximum absolute atomic E-state index is 12.3. The van der Waals surface area contributed by atoms with Gasteiger partial charge >= 0.3 is 5.97 Å². The van der Waals surface area contributed by atoms with Gasteiger partial charge in [-0.2, -0.15) is 5.26 Å². The van der Waals surface area contributed by atoms with Crippen molar-refractivity contribution in [3.63, 3.8) is 0 Å². The number of amides is 1. The van der Waals surface area contributed by atoms with Crippen LogP contribution >= 0.6 is 0 Å². The van der Waals surface area contributed by atoms with Crippen LogP contribution < -0.4 is 5.32 Å². The molecule has 6 heteroatoms. The summed E-state index contributed by atoms with van der Waals surface area (Å²) in [6.45, 7) is 10.5. The second kappa shape index (κ2) is 9.74. The van der Waals surface area contributed by atoms with Crippen molar-refractivity contribution in [3.05, 3.63) is 58.4 Å². The number of benzene rings is 1. The molecule has 1 aromatic heterocycles. The third-order valence-corrected chi connectivity index (χ3v) is 4.44. The summed E-state index contributed by atoms with van der Waals surface area (Å²) >= 11 is 0. The van der Waals surface area contributed by atoms with E-state index in [1.54, 1.807) is 6.07 Å². The first-order chi connectivity index (χ1) is 13.7. The van der Waals surface area contributed by atoms with Crippen LogP contribution in [0.3, 0.4) is 0 Å². The summed E-state index contributed by atoms with van der Waals surface area (Å²) in [5.41, 5.74) is 4.32. The van der Waals surface area contributed by atoms with Crippen LogP contribution in [-0.4, -0.2) is 23.1 Å². The summed E-state index contributed by atoms with van der Waals surface area (Å²) in [5.74, 6) is -0.805. The normalized spacial score (nSPS) is 11.3. The highest BCUT2D eigenvalue weighted by Crippen LogP contribution is 2.20. The van der Waals surface area contributed by atoms with Crippen LogP contribution in [0.4, 0.5) is 5.69 Å². The second-order valence-electron chi connectivity index (χ2n) is 7.49. The van der Waals surface area contributed by atoms with Crippen molar-refractivity contribution < 1.29 is 14.3 Å². The van der Waals surface area contributed by atoms with E-state index in [-0.39, 0.29) is 5.57 Å². The van der Waals surface area contributed by atoms with Gasteiger partial charge in [-0.15, -0.1) is 0 Å². The minimum absolute atomic E-state index is 0.141. The average molecular weight is 393 g/mol. The molecule has 1 heterocycles. The Balaban J connectivity index is 2.05. The van der Waals surface area contributed by atoms with Crippen molar-refractivity contribution in [1.29, 1.82) is 5.26 Å². The predicted octanol–water partition coefficient (Wildman–Crippen LogP) is 4.16. The average Bonchev–Trinajstić information content (AvgIpc) is 2.91. The third-order valence-electron chi connectivity index (χ3n) is 4.44. The van der Waals surface area contributed by atoms with Gasteiger partial charge in [-0.25, -0.2) is 4.79 Å². The Morgan fingerprint density at radius 2 is 1.97 bits per heavy atom. The Labute approximate surface area is 171 Å². The number of esters is 1. The molecule has 0 bridgehead atoms. The monoisotopic (exact) mass is 393 g/mol. The lowest BCUT2D eigenvalue weighted by Gasteiger charge is -2.12. The number of ether oxygens (including phenoxy) is 1. The van der Waals surface area contributed by atoms with Crippen molar-refractivity contribution in [2.75, 3.05) is 11.9 Å². The SMILES string of the molecule is Cc1cccc(NC(=O)COC(=O)/C(C#N)=C/c2cc(C)n(CC(C)C)c2C)c1. The predicted molar refractivity (Wildman–Crippen MR) is 113 cm³/mol. The topological polar surface area (TPSA) is 84.1 Å². The van der Waals surface area contributed by atoms with E-state index < -0.39 is 18.5 Å². The number of hydrogen-bond acceptors (Lipinski definition) is 4. The number of carbonyl (C=O) groups is 2. The van der Waals surface area contributed by atoms with E-state index in [1.807, 2.05) is 51.1 Å². The molecule has 1 N–H and O–H groups in total. The molecule has 152 valence electrons. The van der Waals surface area contributed by atoms with Gasteiger partial charge in [0, 0.05) is 23.6 Å². The van der Waals surface area contributed by atoms with E-state index in [0.29, 0.717) is 11.6 Å². The van der Waals surface area contributed by atoms with Gasteiger partial charge in [-0.05, 0) is 62.1 Å². The molecule has 1 aromatic carbocycles. The molecule has 1 amide bonds. The van der Waals surface area contributed by atoms with Crippen LogP contribution in [0.15, 0.2) is 35.9 Å². The zero-order chi connectivity index (χ0) is 21.6. The van der Waals surface area contributed by atoms with E-state index in [4.69, 9.17) is 4.74 Å². The molecule has 0 aliphatic rings. The highest BCUT2D eigenvalue weighted by molar-refractivity contribution is 6.00. The maximum atomic E-state index is 12.3. The van der Waals surface area contributed by atoms with Crippen LogP contribution in [0.2, 0.25) is 0 Å². The summed E-state index contributed by atoms with van der Waals surface area (Å²) in [5, 5.41) is 12.0. The lowest BCUT2D eigenvalue weighted by molar-refractivity contribution is -0.142. The van der Waals surface area contributed by atoms with Gasteiger partial charge in [-0.3, -0.25) is 4.79 Å². The maximum Gasteiger partial charge on any atom is 0.349 e. The Kier molecular flexibility index (Phi) is 7.38. The lowest BCUT2D eigenvalue weighted by Crippen LogP contribution is -2.21. The van der Waals surface area contributed by atoms with Gasteiger partial charge in [0.1, 0.15) is 11.6 Å². The number of rotatable bonds is 7. The minimum Gasteiger partial charge on any atom is -0.451 e. The van der Waals surface area contributed by atoms with Crippen LogP contribution in [0, 0.1) is 38.0 Å². The summed E-state index contributed by atoms with van der Waals surface area (Å²) in [6, 6.07) is 11.1. The molecule has 0 atom stereocenters. The number of nitriles is 1. The van der Waals surface area contributed by atoms with Gasteiger partial charge < -0.3 is 14.6 Å². The number of carbonyl (C=O) groups excluding carboxylic acids is 2. The molecule has 0 saturated carbocycles. The Morgan fingerprint density at radius 1 is 1.24 bits per heavy atom. The third kappa shape index (κ3) is 6.08. The fourth-order valence-electron chi connectivity index (χ4n) is 3.04. The summed E-state index contributed by atoms with van der Waals surface area (Å²) in [7, 11) is 0.